The maximum atomic E-state index is 10.3. The van der Waals surface area contributed by atoms with Crippen LogP contribution in [-0.4, -0.2) is 44.8 Å². The van der Waals surface area contributed by atoms with Crippen molar-refractivity contribution in [1.29, 1.82) is 0 Å². The van der Waals surface area contributed by atoms with Crippen molar-refractivity contribution in [2.75, 3.05) is 6.61 Å². The smallest absolute Gasteiger partial charge is 0.0908 e. The van der Waals surface area contributed by atoms with E-state index in [0.29, 0.717) is 30.6 Å². The summed E-state index contributed by atoms with van der Waals surface area (Å²) in [6, 6.07) is 0. The van der Waals surface area contributed by atoms with Gasteiger partial charge in [0.25, 0.3) is 0 Å². The first-order chi connectivity index (χ1) is 15.0. The van der Waals surface area contributed by atoms with Crippen molar-refractivity contribution in [3.63, 3.8) is 0 Å². The van der Waals surface area contributed by atoms with Gasteiger partial charge in [-0.2, -0.15) is 0 Å². The van der Waals surface area contributed by atoms with Crippen LogP contribution in [0.2, 0.25) is 0 Å². The Kier molecular flexibility index (Phi) is 7.92. The molecule has 0 radical (unpaired) electrons. The van der Waals surface area contributed by atoms with Gasteiger partial charge in [-0.05, 0) is 79.8 Å². The van der Waals surface area contributed by atoms with Crippen LogP contribution in [0.25, 0.3) is 0 Å². The summed E-state index contributed by atoms with van der Waals surface area (Å²) in [5, 5.41) is 39.9. The highest BCUT2D eigenvalue weighted by Crippen LogP contribution is 2.59. The molecule has 0 amide bonds. The molecule has 3 fully saturated rings. The molecule has 4 nitrogen and oxygen atoms in total. The predicted molar refractivity (Wildman–Crippen MR) is 130 cm³/mol. The van der Waals surface area contributed by atoms with Gasteiger partial charge in [0.05, 0.1) is 24.4 Å². The number of aliphatic hydroxyl groups is 4. The maximum Gasteiger partial charge on any atom is 0.0908 e. The average Bonchev–Trinajstić information content (AvgIpc) is 3.10. The number of allylic oxidation sites excluding steroid dienone is 4. The number of hydrogen-bond acceptors (Lipinski definition) is 4. The number of hydrogen-bond donors (Lipinski definition) is 4. The van der Waals surface area contributed by atoms with E-state index < -0.39 is 17.8 Å². The van der Waals surface area contributed by atoms with Crippen LogP contribution < -0.4 is 0 Å². The molecule has 3 saturated carbocycles. The lowest BCUT2D eigenvalue weighted by atomic mass is 9.61. The number of aliphatic hydroxyl groups excluding tert-OH is 3. The van der Waals surface area contributed by atoms with E-state index in [1.165, 1.54) is 31.3 Å². The SMILES string of the molecule is C=C1C(=CC=C2CCC[C@@]3(C)C2CC[C@@H]3[C@H](C)/C=C/[C@H](C)C(C)(O)CO)C[C@@H](O)C[C@@H]1O. The summed E-state index contributed by atoms with van der Waals surface area (Å²) in [6.07, 6.45) is 14.5. The van der Waals surface area contributed by atoms with Crippen LogP contribution in [0.4, 0.5) is 0 Å². The second-order valence-corrected chi connectivity index (χ2v) is 11.2. The third kappa shape index (κ3) is 5.14. The lowest BCUT2D eigenvalue weighted by Crippen LogP contribution is -2.36. The van der Waals surface area contributed by atoms with E-state index >= 15 is 0 Å². The van der Waals surface area contributed by atoms with Crippen molar-refractivity contribution >= 4 is 0 Å². The Morgan fingerprint density at radius 1 is 1.19 bits per heavy atom. The van der Waals surface area contributed by atoms with Crippen molar-refractivity contribution < 1.29 is 20.4 Å². The molecule has 0 aliphatic heterocycles. The summed E-state index contributed by atoms with van der Waals surface area (Å²) in [4.78, 5) is 0. The second-order valence-electron chi connectivity index (χ2n) is 11.2. The molecule has 0 spiro atoms. The fourth-order valence-electron chi connectivity index (χ4n) is 6.44. The summed E-state index contributed by atoms with van der Waals surface area (Å²) in [7, 11) is 0. The zero-order chi connectivity index (χ0) is 23.7. The summed E-state index contributed by atoms with van der Waals surface area (Å²) in [5.74, 6) is 1.49. The van der Waals surface area contributed by atoms with Crippen LogP contribution in [0, 0.1) is 29.1 Å². The predicted octanol–water partition coefficient (Wildman–Crippen LogP) is 4.70. The normalized spacial score (nSPS) is 39.9. The largest absolute Gasteiger partial charge is 0.393 e. The molecule has 2 unspecified atom stereocenters. The molecule has 0 aromatic carbocycles. The lowest BCUT2D eigenvalue weighted by Gasteiger charge is -2.44. The van der Waals surface area contributed by atoms with Gasteiger partial charge in [-0.3, -0.25) is 0 Å². The second kappa shape index (κ2) is 9.97. The van der Waals surface area contributed by atoms with Crippen LogP contribution >= 0.6 is 0 Å². The molecule has 3 rings (SSSR count). The minimum absolute atomic E-state index is 0.0947. The van der Waals surface area contributed by atoms with Gasteiger partial charge in [-0.15, -0.1) is 0 Å². The maximum absolute atomic E-state index is 10.3. The molecule has 180 valence electrons. The van der Waals surface area contributed by atoms with E-state index in [1.54, 1.807) is 6.92 Å². The van der Waals surface area contributed by atoms with Crippen LogP contribution in [0.15, 0.2) is 47.6 Å². The van der Waals surface area contributed by atoms with Crippen molar-refractivity contribution in [2.45, 2.75) is 90.4 Å². The van der Waals surface area contributed by atoms with Crippen LogP contribution in [0.5, 0.6) is 0 Å². The van der Waals surface area contributed by atoms with E-state index in [4.69, 9.17) is 0 Å². The van der Waals surface area contributed by atoms with Gasteiger partial charge < -0.3 is 20.4 Å². The van der Waals surface area contributed by atoms with Gasteiger partial charge >= 0.3 is 0 Å². The van der Waals surface area contributed by atoms with E-state index in [1.807, 2.05) is 6.92 Å². The topological polar surface area (TPSA) is 80.9 Å². The third-order valence-electron chi connectivity index (χ3n) is 8.94. The standard InChI is InChI=1S/C28H44O4/c1-18(8-9-19(2)28(5,32)17-29)24-12-13-25-21(7-6-14-27(24,25)4)10-11-22-15-23(30)16-26(31)20(22)3/h8-11,18-19,23-26,29-32H,3,6-7,12-17H2,1-2,4-5H3/b9-8+,21-10?,22-11?/t18-,19+,23-,24-,25?,26+,27-,28?/m1/s1. The third-order valence-corrected chi connectivity index (χ3v) is 8.94. The first-order valence-corrected chi connectivity index (χ1v) is 12.5. The Bertz CT molecular complexity index is 776. The quantitative estimate of drug-likeness (QED) is 0.448. The summed E-state index contributed by atoms with van der Waals surface area (Å²) in [5.41, 5.74) is 2.41. The number of rotatable bonds is 6. The van der Waals surface area contributed by atoms with Crippen LogP contribution in [0.1, 0.15) is 72.6 Å². The molecule has 0 aromatic rings. The Balaban J connectivity index is 1.75. The van der Waals surface area contributed by atoms with E-state index in [-0.39, 0.29) is 17.9 Å². The van der Waals surface area contributed by atoms with Crippen molar-refractivity contribution in [2.24, 2.45) is 29.1 Å². The first kappa shape index (κ1) is 25.4. The molecular weight excluding hydrogens is 400 g/mol. The minimum Gasteiger partial charge on any atom is -0.393 e. The Morgan fingerprint density at radius 3 is 2.59 bits per heavy atom. The molecule has 0 aromatic heterocycles. The minimum atomic E-state index is -1.09. The number of fused-ring (bicyclic) bond motifs is 1. The summed E-state index contributed by atoms with van der Waals surface area (Å²) >= 11 is 0. The summed E-state index contributed by atoms with van der Waals surface area (Å²) < 4.78 is 0. The van der Waals surface area contributed by atoms with Crippen LogP contribution in [-0.2, 0) is 0 Å². The molecule has 4 N–H and O–H groups in total. The lowest BCUT2D eigenvalue weighted by molar-refractivity contribution is -0.0266. The molecule has 0 saturated heterocycles. The Morgan fingerprint density at radius 2 is 1.91 bits per heavy atom. The summed E-state index contributed by atoms with van der Waals surface area (Å²) in [6.45, 7) is 12.2. The van der Waals surface area contributed by atoms with Gasteiger partial charge in [0, 0.05) is 12.3 Å². The van der Waals surface area contributed by atoms with Crippen molar-refractivity contribution in [1.82, 2.24) is 0 Å². The molecule has 0 bridgehead atoms. The van der Waals surface area contributed by atoms with Crippen molar-refractivity contribution in [3.8, 4) is 0 Å². The molecular formula is C28H44O4. The van der Waals surface area contributed by atoms with E-state index in [2.05, 4.69) is 44.7 Å². The van der Waals surface area contributed by atoms with Gasteiger partial charge in [-0.1, -0.05) is 57.2 Å². The van der Waals surface area contributed by atoms with Crippen molar-refractivity contribution in [3.05, 3.63) is 47.6 Å². The molecule has 32 heavy (non-hydrogen) atoms. The van der Waals surface area contributed by atoms with E-state index in [9.17, 15) is 20.4 Å². The van der Waals surface area contributed by atoms with E-state index in [0.717, 1.165) is 17.6 Å². The molecule has 4 heteroatoms. The van der Waals surface area contributed by atoms with Gasteiger partial charge in [0.15, 0.2) is 0 Å². The van der Waals surface area contributed by atoms with Gasteiger partial charge in [-0.25, -0.2) is 0 Å². The highest BCUT2D eigenvalue weighted by molar-refractivity contribution is 5.38. The Labute approximate surface area is 194 Å². The Hall–Kier alpha value is -1.20. The highest BCUT2D eigenvalue weighted by atomic mass is 16.3. The molecule has 0 heterocycles. The monoisotopic (exact) mass is 444 g/mol. The van der Waals surface area contributed by atoms with Gasteiger partial charge in [0.2, 0.25) is 0 Å². The fraction of sp³-hybridized carbons (Fsp3) is 0.714. The van der Waals surface area contributed by atoms with Gasteiger partial charge in [0.1, 0.15) is 0 Å². The molecule has 8 atom stereocenters. The van der Waals surface area contributed by atoms with Crippen LogP contribution in [0.3, 0.4) is 0 Å². The fourth-order valence-corrected chi connectivity index (χ4v) is 6.44. The zero-order valence-electron chi connectivity index (χ0n) is 20.4. The molecule has 3 aliphatic carbocycles. The average molecular weight is 445 g/mol. The molecule has 3 aliphatic rings. The highest BCUT2D eigenvalue weighted by Gasteiger charge is 2.50. The zero-order valence-corrected chi connectivity index (χ0v) is 20.4. The first-order valence-electron chi connectivity index (χ1n) is 12.5.